The van der Waals surface area contributed by atoms with Gasteiger partial charge in [0, 0.05) is 5.56 Å². The maximum atomic E-state index is 12.0. The maximum absolute atomic E-state index is 12.0. The molecular weight excluding hydrogens is 274 g/mol. The Morgan fingerprint density at radius 1 is 1.25 bits per heavy atom. The fourth-order valence-corrected chi connectivity index (χ4v) is 2.44. The Morgan fingerprint density at radius 3 is 2.60 bits per heavy atom. The standard InChI is InChI=1S/C14H15N3O2S/c1-9(2)12-13(20-17-16-12)14(19)15-8-11(18)10-6-4-3-5-7-10/h3-7,9H,8H2,1-2H3,(H,15,19). The Balaban J connectivity index is 1.99. The zero-order valence-corrected chi connectivity index (χ0v) is 12.1. The summed E-state index contributed by atoms with van der Waals surface area (Å²) in [5.74, 6) is -0.296. The average Bonchev–Trinajstić information content (AvgIpc) is 2.95. The van der Waals surface area contributed by atoms with E-state index in [9.17, 15) is 9.59 Å². The zero-order valence-electron chi connectivity index (χ0n) is 11.3. The van der Waals surface area contributed by atoms with Crippen molar-refractivity contribution in [3.63, 3.8) is 0 Å². The quantitative estimate of drug-likeness (QED) is 0.857. The summed E-state index contributed by atoms with van der Waals surface area (Å²) in [6.07, 6.45) is 0. The first-order valence-electron chi connectivity index (χ1n) is 6.28. The van der Waals surface area contributed by atoms with Crippen LogP contribution in [0.1, 0.15) is 45.5 Å². The van der Waals surface area contributed by atoms with E-state index in [1.54, 1.807) is 24.3 Å². The number of aromatic nitrogens is 2. The predicted molar refractivity (Wildman–Crippen MR) is 77.1 cm³/mol. The molecule has 0 fully saturated rings. The van der Waals surface area contributed by atoms with Crippen molar-refractivity contribution < 1.29 is 9.59 Å². The first kappa shape index (κ1) is 14.3. The van der Waals surface area contributed by atoms with Gasteiger partial charge in [0.25, 0.3) is 5.91 Å². The van der Waals surface area contributed by atoms with E-state index >= 15 is 0 Å². The lowest BCUT2D eigenvalue weighted by atomic mass is 10.1. The molecule has 0 atom stereocenters. The molecule has 2 rings (SSSR count). The van der Waals surface area contributed by atoms with Gasteiger partial charge < -0.3 is 5.32 Å². The van der Waals surface area contributed by atoms with Crippen LogP contribution in [0.5, 0.6) is 0 Å². The van der Waals surface area contributed by atoms with Gasteiger partial charge in [-0.15, -0.1) is 5.10 Å². The summed E-state index contributed by atoms with van der Waals surface area (Å²) in [5.41, 5.74) is 1.25. The van der Waals surface area contributed by atoms with E-state index in [0.717, 1.165) is 11.5 Å². The smallest absolute Gasteiger partial charge is 0.265 e. The summed E-state index contributed by atoms with van der Waals surface area (Å²) in [6.45, 7) is 3.86. The van der Waals surface area contributed by atoms with Crippen LogP contribution in [0, 0.1) is 0 Å². The lowest BCUT2D eigenvalue weighted by Crippen LogP contribution is -2.29. The number of carbonyl (C=O) groups excluding carboxylic acids is 2. The second-order valence-electron chi connectivity index (χ2n) is 4.61. The molecule has 0 aliphatic heterocycles. The highest BCUT2D eigenvalue weighted by Crippen LogP contribution is 2.19. The number of benzene rings is 1. The van der Waals surface area contributed by atoms with Crippen LogP contribution in [0.15, 0.2) is 30.3 Å². The van der Waals surface area contributed by atoms with Gasteiger partial charge in [0.05, 0.1) is 12.2 Å². The molecule has 0 spiro atoms. The highest BCUT2D eigenvalue weighted by atomic mass is 32.1. The van der Waals surface area contributed by atoms with E-state index < -0.39 is 0 Å². The first-order chi connectivity index (χ1) is 9.59. The number of hydrogen-bond acceptors (Lipinski definition) is 5. The third-order valence-electron chi connectivity index (χ3n) is 2.77. The van der Waals surface area contributed by atoms with E-state index in [0.29, 0.717) is 16.1 Å². The van der Waals surface area contributed by atoms with Crippen molar-refractivity contribution in [1.82, 2.24) is 14.9 Å². The second kappa shape index (κ2) is 6.38. The lowest BCUT2D eigenvalue weighted by molar-refractivity contribution is 0.0905. The molecule has 0 saturated carbocycles. The van der Waals surface area contributed by atoms with Gasteiger partial charge in [-0.1, -0.05) is 48.7 Å². The molecule has 1 heterocycles. The summed E-state index contributed by atoms with van der Waals surface area (Å²) in [7, 11) is 0. The number of nitrogens with one attached hydrogen (secondary N) is 1. The largest absolute Gasteiger partial charge is 0.344 e. The average molecular weight is 289 g/mol. The number of amides is 1. The number of hydrogen-bond donors (Lipinski definition) is 1. The fourth-order valence-electron chi connectivity index (χ4n) is 1.70. The van der Waals surface area contributed by atoms with Crippen molar-refractivity contribution in [1.29, 1.82) is 0 Å². The van der Waals surface area contributed by atoms with E-state index in [1.807, 2.05) is 19.9 Å². The molecule has 1 aromatic carbocycles. The fraction of sp³-hybridized carbons (Fsp3) is 0.286. The van der Waals surface area contributed by atoms with Crippen molar-refractivity contribution in [2.75, 3.05) is 6.54 Å². The van der Waals surface area contributed by atoms with Gasteiger partial charge in [-0.25, -0.2) is 0 Å². The van der Waals surface area contributed by atoms with Crippen LogP contribution in [0.2, 0.25) is 0 Å². The molecule has 5 nitrogen and oxygen atoms in total. The SMILES string of the molecule is CC(C)c1nnsc1C(=O)NCC(=O)c1ccccc1. The normalized spacial score (nSPS) is 10.6. The second-order valence-corrected chi connectivity index (χ2v) is 5.37. The molecule has 0 aliphatic rings. The predicted octanol–water partition coefficient (Wildman–Crippen LogP) is 2.27. The Hall–Kier alpha value is -2.08. The Bertz CT molecular complexity index is 608. The van der Waals surface area contributed by atoms with Crippen molar-refractivity contribution in [3.05, 3.63) is 46.5 Å². The van der Waals surface area contributed by atoms with E-state index in [2.05, 4.69) is 14.9 Å². The molecule has 1 N–H and O–H groups in total. The van der Waals surface area contributed by atoms with Gasteiger partial charge in [0.2, 0.25) is 0 Å². The van der Waals surface area contributed by atoms with Crippen LogP contribution < -0.4 is 5.32 Å². The molecule has 2 aromatic rings. The van der Waals surface area contributed by atoms with Gasteiger partial charge in [0.1, 0.15) is 4.88 Å². The third-order valence-corrected chi connectivity index (χ3v) is 3.51. The topological polar surface area (TPSA) is 72.0 Å². The molecule has 0 unspecified atom stereocenters. The Labute approximate surface area is 121 Å². The number of carbonyl (C=O) groups is 2. The highest BCUT2D eigenvalue weighted by Gasteiger charge is 2.19. The van der Waals surface area contributed by atoms with Gasteiger partial charge >= 0.3 is 0 Å². The van der Waals surface area contributed by atoms with Crippen molar-refractivity contribution in [2.45, 2.75) is 19.8 Å². The molecule has 0 saturated heterocycles. The monoisotopic (exact) mass is 289 g/mol. The molecule has 6 heteroatoms. The van der Waals surface area contributed by atoms with Crippen LogP contribution in [-0.2, 0) is 0 Å². The number of rotatable bonds is 5. The van der Waals surface area contributed by atoms with Crippen molar-refractivity contribution in [3.8, 4) is 0 Å². The van der Waals surface area contributed by atoms with E-state index in [4.69, 9.17) is 0 Å². The molecule has 0 aliphatic carbocycles. The number of ketones is 1. The molecule has 0 bridgehead atoms. The van der Waals surface area contributed by atoms with Crippen LogP contribution in [0.4, 0.5) is 0 Å². The number of nitrogens with zero attached hydrogens (tertiary/aromatic N) is 2. The summed E-state index contributed by atoms with van der Waals surface area (Å²) in [4.78, 5) is 24.4. The van der Waals surface area contributed by atoms with Gasteiger partial charge in [-0.3, -0.25) is 9.59 Å². The summed E-state index contributed by atoms with van der Waals surface area (Å²) < 4.78 is 3.80. The maximum Gasteiger partial charge on any atom is 0.265 e. The van der Waals surface area contributed by atoms with Crippen LogP contribution in [-0.4, -0.2) is 27.8 Å². The molecule has 0 radical (unpaired) electrons. The molecular formula is C14H15N3O2S. The molecule has 1 aromatic heterocycles. The first-order valence-corrected chi connectivity index (χ1v) is 7.05. The molecule has 20 heavy (non-hydrogen) atoms. The van der Waals surface area contributed by atoms with Gasteiger partial charge in [-0.05, 0) is 17.5 Å². The zero-order chi connectivity index (χ0) is 14.5. The molecule has 1 amide bonds. The van der Waals surface area contributed by atoms with E-state index in [-0.39, 0.29) is 24.2 Å². The van der Waals surface area contributed by atoms with Gasteiger partial charge in [-0.2, -0.15) is 0 Å². The summed E-state index contributed by atoms with van der Waals surface area (Å²) in [6, 6.07) is 8.87. The highest BCUT2D eigenvalue weighted by molar-refractivity contribution is 7.08. The third kappa shape index (κ3) is 3.27. The molecule has 104 valence electrons. The summed E-state index contributed by atoms with van der Waals surface area (Å²) in [5, 5.41) is 6.57. The van der Waals surface area contributed by atoms with Crippen LogP contribution in [0.3, 0.4) is 0 Å². The minimum absolute atomic E-state index is 0.0295. The van der Waals surface area contributed by atoms with Crippen LogP contribution >= 0.6 is 11.5 Å². The minimum Gasteiger partial charge on any atom is -0.344 e. The van der Waals surface area contributed by atoms with Crippen molar-refractivity contribution >= 4 is 23.2 Å². The Morgan fingerprint density at radius 2 is 1.95 bits per heavy atom. The van der Waals surface area contributed by atoms with E-state index in [1.165, 1.54) is 0 Å². The van der Waals surface area contributed by atoms with Gasteiger partial charge in [0.15, 0.2) is 5.78 Å². The van der Waals surface area contributed by atoms with Crippen molar-refractivity contribution in [2.24, 2.45) is 0 Å². The lowest BCUT2D eigenvalue weighted by Gasteiger charge is -2.05. The minimum atomic E-state index is -0.298. The number of Topliss-reactive ketones (excluding diaryl/α,β-unsaturated/α-hetero) is 1. The summed E-state index contributed by atoms with van der Waals surface area (Å²) >= 11 is 1.05. The van der Waals surface area contributed by atoms with Crippen LogP contribution in [0.25, 0.3) is 0 Å². The Kier molecular flexibility index (Phi) is 4.57.